The molecule has 0 heterocycles. The van der Waals surface area contributed by atoms with Gasteiger partial charge >= 0.3 is 264 Å². The fourth-order valence-corrected chi connectivity index (χ4v) is 10.1. The number of benzene rings is 4. The Hall–Kier alpha value is -1.04. The van der Waals surface area contributed by atoms with Gasteiger partial charge in [-0.15, -0.1) is 0 Å². The third-order valence-corrected chi connectivity index (χ3v) is 14.0. The number of halogens is 2. The molecule has 4 heteroatoms. The molecule has 0 aliphatic heterocycles. The monoisotopic (exact) mass is 766 g/mol. The second-order valence-corrected chi connectivity index (χ2v) is 24.1. The molecule has 0 saturated carbocycles. The fourth-order valence-electron chi connectivity index (χ4n) is 6.10. The summed E-state index contributed by atoms with van der Waals surface area (Å²) in [5, 5.41) is 2.85. The van der Waals surface area contributed by atoms with Gasteiger partial charge in [-0.2, -0.15) is 0 Å². The molecule has 0 nitrogen and oxygen atoms in total. The van der Waals surface area contributed by atoms with Gasteiger partial charge in [-0.1, -0.05) is 0 Å². The molecule has 4 aromatic rings. The Kier molecular flexibility index (Phi) is 9.71. The van der Waals surface area contributed by atoms with Crippen LogP contribution in [0.3, 0.4) is 0 Å². The first-order valence-corrected chi connectivity index (χ1v) is 25.6. The van der Waals surface area contributed by atoms with E-state index < -0.39 is 29.3 Å². The predicted molar refractivity (Wildman–Crippen MR) is 180 cm³/mol. The number of aryl methyl sites for hydroxylation is 2. The van der Waals surface area contributed by atoms with Crippen LogP contribution in [0, 0.1) is 0 Å². The predicted octanol–water partition coefficient (Wildman–Crippen LogP) is 10.9. The van der Waals surface area contributed by atoms with E-state index in [2.05, 4.69) is 140 Å². The van der Waals surface area contributed by atoms with Gasteiger partial charge in [0, 0.05) is 0 Å². The zero-order valence-electron chi connectivity index (χ0n) is 23.5. The molecule has 39 heavy (non-hydrogen) atoms. The number of rotatable bonds is 10. The quantitative estimate of drug-likeness (QED) is 0.124. The second kappa shape index (κ2) is 12.9. The van der Waals surface area contributed by atoms with Gasteiger partial charge in [0.05, 0.1) is 0 Å². The van der Waals surface area contributed by atoms with Crippen molar-refractivity contribution in [3.63, 3.8) is 0 Å². The van der Waals surface area contributed by atoms with Gasteiger partial charge in [0.2, 0.25) is 0 Å². The molecule has 0 fully saturated rings. The summed E-state index contributed by atoms with van der Waals surface area (Å²) in [4.78, 5) is 0. The first-order valence-electron chi connectivity index (χ1n) is 13.9. The Labute approximate surface area is 261 Å². The average Bonchev–Trinajstić information content (AvgIpc) is 3.18. The van der Waals surface area contributed by atoms with Crippen molar-refractivity contribution >= 4 is 61.2 Å². The van der Waals surface area contributed by atoms with Crippen molar-refractivity contribution in [1.82, 2.24) is 0 Å². The van der Waals surface area contributed by atoms with Crippen LogP contribution in [0.25, 0.3) is 11.1 Å². The topological polar surface area (TPSA) is 0 Å². The number of hydrogen-bond donors (Lipinski definition) is 0. The summed E-state index contributed by atoms with van der Waals surface area (Å²) in [6.07, 6.45) is 4.98. The SMILES string of the molecule is C[As](C)CCCc1ccc(C2(c3ccc(CCC[As](C)C)cc3)c3cc(Br)ccc3-c3ccc(Br)cc32)cc1. The maximum atomic E-state index is 3.82. The molecule has 1 aliphatic rings. The van der Waals surface area contributed by atoms with Crippen molar-refractivity contribution in [1.29, 1.82) is 0 Å². The van der Waals surface area contributed by atoms with E-state index in [1.165, 1.54) is 80.6 Å². The summed E-state index contributed by atoms with van der Waals surface area (Å²) < 4.78 is 2.25. The minimum absolute atomic E-state index is 0.355. The summed E-state index contributed by atoms with van der Waals surface area (Å²) in [6, 6.07) is 32.8. The molecule has 0 bridgehead atoms. The summed E-state index contributed by atoms with van der Waals surface area (Å²) in [7, 11) is 0. The fraction of sp³-hybridized carbons (Fsp3) is 0.314. The van der Waals surface area contributed by atoms with Crippen molar-refractivity contribution in [3.8, 4) is 11.1 Å². The maximum absolute atomic E-state index is 3.82. The van der Waals surface area contributed by atoms with E-state index in [0.29, 0.717) is 0 Å². The van der Waals surface area contributed by atoms with Gasteiger partial charge in [0.1, 0.15) is 0 Å². The van der Waals surface area contributed by atoms with E-state index in [9.17, 15) is 0 Å². The van der Waals surface area contributed by atoms with E-state index >= 15 is 0 Å². The zero-order valence-corrected chi connectivity index (χ0v) is 30.4. The van der Waals surface area contributed by atoms with Gasteiger partial charge in [-0.05, 0) is 0 Å². The molecule has 0 atom stereocenters. The Bertz CT molecular complexity index is 1310. The van der Waals surface area contributed by atoms with Gasteiger partial charge in [0.15, 0.2) is 0 Å². The van der Waals surface area contributed by atoms with Crippen molar-refractivity contribution in [2.24, 2.45) is 0 Å². The number of hydrogen-bond acceptors (Lipinski definition) is 0. The van der Waals surface area contributed by atoms with Crippen LogP contribution in [0.2, 0.25) is 33.3 Å². The molecule has 0 N–H and O–H groups in total. The van der Waals surface area contributed by atoms with Gasteiger partial charge < -0.3 is 0 Å². The molecule has 0 amide bonds. The van der Waals surface area contributed by atoms with Crippen molar-refractivity contribution in [2.45, 2.75) is 64.4 Å². The van der Waals surface area contributed by atoms with Crippen LogP contribution in [0.5, 0.6) is 0 Å². The van der Waals surface area contributed by atoms with Gasteiger partial charge in [-0.25, -0.2) is 0 Å². The Balaban J connectivity index is 1.64. The molecule has 0 radical (unpaired) electrons. The molecule has 0 unspecified atom stereocenters. The Morgan fingerprint density at radius 1 is 0.538 bits per heavy atom. The van der Waals surface area contributed by atoms with Crippen LogP contribution in [0.4, 0.5) is 0 Å². The zero-order chi connectivity index (χ0) is 27.6. The molecule has 1 aliphatic carbocycles. The third-order valence-electron chi connectivity index (χ3n) is 7.98. The molecule has 0 saturated heterocycles. The normalized spacial score (nSPS) is 13.6. The summed E-state index contributed by atoms with van der Waals surface area (Å²) >= 11 is 6.52. The van der Waals surface area contributed by atoms with Gasteiger partial charge in [-0.3, -0.25) is 0 Å². The molecule has 4 aromatic carbocycles. The minimum atomic E-state index is -0.563. The van der Waals surface area contributed by atoms with Crippen molar-refractivity contribution in [3.05, 3.63) is 127 Å². The third kappa shape index (κ3) is 6.26. The van der Waals surface area contributed by atoms with Crippen molar-refractivity contribution < 1.29 is 0 Å². The molecular weight excluding hydrogens is 730 g/mol. The molecule has 0 spiro atoms. The van der Waals surface area contributed by atoms with E-state index in [1.54, 1.807) is 0 Å². The standard InChI is InChI=1S/C35H38As2Br2/c1-36(2)21-5-7-25-9-13-27(14-10-25)35(28-15-11-26(12-16-28)8-6-22-37(3)4)33-23-29(38)17-19-31(33)32-20-18-30(39)24-34(32)35/h9-20,23-24H,5-8,21-22H2,1-4H3. The second-order valence-electron chi connectivity index (χ2n) is 11.3. The summed E-state index contributed by atoms with van der Waals surface area (Å²) in [5.41, 5.74) is 20.5. The van der Waals surface area contributed by atoms with E-state index in [1.807, 2.05) is 0 Å². The van der Waals surface area contributed by atoms with Crippen molar-refractivity contribution in [2.75, 3.05) is 0 Å². The molecule has 202 valence electrons. The van der Waals surface area contributed by atoms with E-state index in [4.69, 9.17) is 0 Å². The summed E-state index contributed by atoms with van der Waals surface area (Å²) in [6.45, 7) is 0. The van der Waals surface area contributed by atoms with Crippen LogP contribution < -0.4 is 0 Å². The van der Waals surface area contributed by atoms with E-state index in [0.717, 1.165) is 8.95 Å². The average molecular weight is 768 g/mol. The van der Waals surface area contributed by atoms with Gasteiger partial charge in [0.25, 0.3) is 0 Å². The molecule has 5 rings (SSSR count). The molecular formula is C35H38As2Br2. The van der Waals surface area contributed by atoms with Crippen LogP contribution in [-0.4, -0.2) is 29.3 Å². The summed E-state index contributed by atoms with van der Waals surface area (Å²) in [5.74, 6) is 0. The Morgan fingerprint density at radius 3 is 1.28 bits per heavy atom. The molecule has 0 aromatic heterocycles. The Morgan fingerprint density at radius 2 is 0.923 bits per heavy atom. The van der Waals surface area contributed by atoms with E-state index in [-0.39, 0.29) is 5.41 Å². The van der Waals surface area contributed by atoms with Crippen LogP contribution in [0.15, 0.2) is 93.9 Å². The van der Waals surface area contributed by atoms with Crippen LogP contribution >= 0.6 is 31.9 Å². The first kappa shape index (κ1) is 29.4. The van der Waals surface area contributed by atoms with Crippen LogP contribution in [-0.2, 0) is 18.3 Å². The number of fused-ring (bicyclic) bond motifs is 3. The van der Waals surface area contributed by atoms with Crippen LogP contribution in [0.1, 0.15) is 46.2 Å². The first-order chi connectivity index (χ1) is 18.8.